The zero-order valence-corrected chi connectivity index (χ0v) is 54.9. The maximum Gasteiger partial charge on any atom is 0.382 e. The SMILES string of the molecule is CCCP1(=O)OP(=O)(CCC)OP(=O)(CCC)O1.CCN(CC)CC.Cl.Cl.NCCCCC(=O)CCc1ccnc2[nH]ccc12.O=C(C#Cc1ccccc1)CCCCCC(=O)CCc1ccnc2[nH]ccc12.O=C(O)C#Cc1ccccc1.[2H]C. The van der Waals surface area contributed by atoms with E-state index in [-0.39, 0.29) is 54.9 Å². The van der Waals surface area contributed by atoms with E-state index in [1.165, 1.54) is 32.6 Å². The third-order valence-corrected chi connectivity index (χ3v) is 21.5. The summed E-state index contributed by atoms with van der Waals surface area (Å²) in [6.45, 7) is 16.2. The number of aryl methyl sites for hydroxylation is 2. The molecule has 85 heavy (non-hydrogen) atoms. The third kappa shape index (κ3) is 32.2. The number of fused-ring (bicyclic) bond motifs is 2. The minimum atomic E-state index is -3.57. The van der Waals surface area contributed by atoms with Crippen molar-refractivity contribution in [1.82, 2.24) is 24.8 Å². The number of carbonyl (C=O) groups excluding carboxylic acids is 3. The largest absolute Gasteiger partial charge is 0.472 e. The van der Waals surface area contributed by atoms with Gasteiger partial charge in [-0.25, -0.2) is 27.7 Å². The van der Waals surface area contributed by atoms with Crippen LogP contribution >= 0.6 is 47.6 Å². The lowest BCUT2D eigenvalue weighted by Crippen LogP contribution is -2.21. The molecule has 0 amide bonds. The third-order valence-electron chi connectivity index (χ3n) is 12.5. The first-order valence-electron chi connectivity index (χ1n) is 29.6. The number of carbonyl (C=O) groups is 4. The first-order valence-corrected chi connectivity index (χ1v) is 33.7. The number of carboxylic acids is 1. The molecule has 2 aromatic carbocycles. The molecule has 1 aliphatic rings. The Labute approximate surface area is 518 Å². The van der Waals surface area contributed by atoms with E-state index in [1.807, 2.05) is 91.1 Å². The normalized spacial score (nSPS) is 16.4. The molecule has 5 N–H and O–H groups in total. The lowest BCUT2D eigenvalue weighted by molar-refractivity contribution is -0.130. The van der Waals surface area contributed by atoms with E-state index in [9.17, 15) is 32.9 Å². The standard InChI is InChI=1S/C24H24N2O2.C14H19N3O.C9H21O6P3.C9H6O2.C6H15N.CH4.2ClH/c27-21(13-11-19-7-3-1-4-8-19)9-5-2-6-10-22(28)14-12-20-15-17-25-24-23(20)16-18-26-24;15-8-2-1-3-12(18)5-4-11-6-9-16-14-13(11)7-10-17-14;1-4-7-16(10)13-17(11,8-5-2)15-18(12,14-16)9-6-3;10-9(11)7-6-8-4-2-1-3-5-8;1-4-7(5-2)6-3;;;/h1,3-4,7-8,15-18H,2,5-6,9-10,12,14H2,(H,25,26);6-7,9-10H,1-5,8,15H2,(H,16,17);4-9H2,1-3H3;1-5H,(H,10,11);4-6H2,1-3H3;1H4;2*1H/i;;;;;1D;;. The minimum absolute atomic E-state index is 0. The average Bonchev–Trinajstić information content (AvgIpc) is 2.03. The number of hydrogen-bond acceptors (Lipinski definition) is 14. The molecule has 4 aromatic heterocycles. The van der Waals surface area contributed by atoms with Crippen molar-refractivity contribution in [3.63, 3.8) is 0 Å². The number of aromatic nitrogens is 4. The van der Waals surface area contributed by atoms with E-state index in [2.05, 4.69) is 63.4 Å². The first-order chi connectivity index (χ1) is 40.5. The van der Waals surface area contributed by atoms with Gasteiger partial charge in [0.15, 0.2) is 0 Å². The van der Waals surface area contributed by atoms with Crippen LogP contribution in [-0.2, 0) is 58.6 Å². The average molecular weight is 1270 g/mol. The smallest absolute Gasteiger partial charge is 0.382 e. The Morgan fingerprint density at radius 2 is 0.953 bits per heavy atom. The molecule has 5 heterocycles. The molecule has 17 nitrogen and oxygen atoms in total. The highest BCUT2D eigenvalue weighted by atomic mass is 35.5. The molecule has 0 spiro atoms. The quantitative estimate of drug-likeness (QED) is 0.0236. The second-order valence-corrected chi connectivity index (χ2v) is 26.1. The fourth-order valence-electron chi connectivity index (χ4n) is 8.25. The number of ketones is 3. The minimum Gasteiger partial charge on any atom is -0.472 e. The van der Waals surface area contributed by atoms with E-state index >= 15 is 0 Å². The predicted molar refractivity (Wildman–Crippen MR) is 350 cm³/mol. The van der Waals surface area contributed by atoms with Crippen molar-refractivity contribution < 1.29 is 52.3 Å². The van der Waals surface area contributed by atoms with Gasteiger partial charge in [0, 0.05) is 86.1 Å². The second-order valence-electron chi connectivity index (χ2n) is 19.1. The number of rotatable bonds is 25. The number of pyridine rings is 2. The summed E-state index contributed by atoms with van der Waals surface area (Å²) in [4.78, 5) is 62.7. The number of carboxylic acid groups (broad SMARTS) is 1. The van der Waals surface area contributed by atoms with Crippen molar-refractivity contribution in [2.24, 2.45) is 5.73 Å². The number of unbranched alkanes of at least 4 members (excludes halogenated alkanes) is 3. The van der Waals surface area contributed by atoms with Crippen LogP contribution in [0.15, 0.2) is 110 Å². The molecule has 22 heteroatoms. The molecule has 1 fully saturated rings. The summed E-state index contributed by atoms with van der Waals surface area (Å²) in [5, 5.41) is 10.4. The topological polar surface area (TPSA) is 254 Å². The van der Waals surface area contributed by atoms with Gasteiger partial charge in [-0.15, -0.1) is 24.8 Å². The predicted octanol–water partition coefficient (Wildman–Crippen LogP) is 15.6. The summed E-state index contributed by atoms with van der Waals surface area (Å²) >= 11 is 0. The number of aromatic amines is 2. The van der Waals surface area contributed by atoms with Crippen LogP contribution in [0.2, 0.25) is 0 Å². The molecule has 0 aliphatic carbocycles. The molecule has 468 valence electrons. The van der Waals surface area contributed by atoms with E-state index in [0.717, 1.165) is 83.7 Å². The molecular formula is C63H91Cl2N6O11P3. The maximum absolute atomic E-state index is 12.3. The van der Waals surface area contributed by atoms with Crippen LogP contribution in [0, 0.1) is 23.7 Å². The summed E-state index contributed by atoms with van der Waals surface area (Å²) in [7, 11) is -9.45. The van der Waals surface area contributed by atoms with Gasteiger partial charge in [0.1, 0.15) is 22.9 Å². The van der Waals surface area contributed by atoms with Gasteiger partial charge in [-0.1, -0.05) is 104 Å². The molecule has 1 saturated heterocycles. The molecule has 0 unspecified atom stereocenters. The van der Waals surface area contributed by atoms with E-state index < -0.39 is 28.8 Å². The maximum atomic E-state index is 12.3. The van der Waals surface area contributed by atoms with Gasteiger partial charge in [0.25, 0.3) is 0 Å². The monoisotopic (exact) mass is 1270 g/mol. The van der Waals surface area contributed by atoms with Crippen LogP contribution in [0.3, 0.4) is 0 Å². The fourth-order valence-corrected chi connectivity index (χ4v) is 17.6. The number of Topliss-reactive ketones (excluding diaryl/α,β-unsaturated/α-hetero) is 3. The Morgan fingerprint density at radius 3 is 1.32 bits per heavy atom. The van der Waals surface area contributed by atoms with Crippen molar-refractivity contribution in [3.05, 3.63) is 132 Å². The molecule has 6 aromatic rings. The Bertz CT molecular complexity index is 3080. The van der Waals surface area contributed by atoms with Crippen LogP contribution in [0.5, 0.6) is 0 Å². The Morgan fingerprint density at radius 1 is 0.565 bits per heavy atom. The zero-order chi connectivity index (χ0) is 62.1. The molecule has 0 saturated carbocycles. The van der Waals surface area contributed by atoms with Gasteiger partial charge in [0.2, 0.25) is 5.78 Å². The molecular weight excluding hydrogens is 1180 g/mol. The van der Waals surface area contributed by atoms with Gasteiger partial charge >= 0.3 is 28.8 Å². The van der Waals surface area contributed by atoms with Gasteiger partial charge < -0.3 is 25.7 Å². The summed E-state index contributed by atoms with van der Waals surface area (Å²) < 4.78 is 58.0. The number of nitrogens with two attached hydrogens (primary N) is 1. The van der Waals surface area contributed by atoms with E-state index in [1.54, 1.807) is 45.3 Å². The van der Waals surface area contributed by atoms with Crippen LogP contribution in [0.1, 0.15) is 156 Å². The van der Waals surface area contributed by atoms with Crippen LogP contribution in [-0.4, -0.2) is 97.9 Å². The summed E-state index contributed by atoms with van der Waals surface area (Å²) in [6, 6.07) is 26.5. The second kappa shape index (κ2) is 44.9. The van der Waals surface area contributed by atoms with Crippen molar-refractivity contribution >= 4 is 93.0 Å². The summed E-state index contributed by atoms with van der Waals surface area (Å²) in [6.07, 6.45) is 17.9. The highest BCUT2D eigenvalue weighted by molar-refractivity contribution is 7.80. The van der Waals surface area contributed by atoms with E-state index in [4.69, 9.17) is 25.1 Å². The molecule has 0 bridgehead atoms. The van der Waals surface area contributed by atoms with Crippen molar-refractivity contribution in [3.8, 4) is 23.7 Å². The molecule has 1 aliphatic heterocycles. The first kappa shape index (κ1) is 77.5. The number of benzene rings is 2. The Balaban J connectivity index is 0.00000110. The van der Waals surface area contributed by atoms with Crippen molar-refractivity contribution in [2.75, 3.05) is 44.7 Å². The lowest BCUT2D eigenvalue weighted by atomic mass is 10.0. The summed E-state index contributed by atoms with van der Waals surface area (Å²) in [5.41, 5.74) is 11.1. The van der Waals surface area contributed by atoms with Crippen LogP contribution in [0.25, 0.3) is 22.1 Å². The van der Waals surface area contributed by atoms with Gasteiger partial charge in [0.05, 0.1) is 18.5 Å². The zero-order valence-electron chi connectivity index (χ0n) is 51.6. The molecule has 0 atom stereocenters. The van der Waals surface area contributed by atoms with Gasteiger partial charge in [-0.2, -0.15) is 0 Å². The molecule has 7 rings (SSSR count). The number of H-pyrrole nitrogens is 2. The van der Waals surface area contributed by atoms with Crippen LogP contribution < -0.4 is 5.73 Å². The van der Waals surface area contributed by atoms with E-state index in [0.29, 0.717) is 63.7 Å². The number of hydrogen-bond donors (Lipinski definition) is 4. The highest BCUT2D eigenvalue weighted by Crippen LogP contribution is 2.82. The number of nitrogens with zero attached hydrogens (tertiary/aromatic N) is 3. The Kier molecular flexibility index (Phi) is 40.9. The molecule has 0 radical (unpaired) electrons. The van der Waals surface area contributed by atoms with Crippen molar-refractivity contribution in [2.45, 2.75) is 145 Å². The summed E-state index contributed by atoms with van der Waals surface area (Å²) in [5.74, 6) is 9.55. The van der Waals surface area contributed by atoms with Crippen LogP contribution in [0.4, 0.5) is 0 Å². The Hall–Kier alpha value is -5.51. The van der Waals surface area contributed by atoms with Crippen molar-refractivity contribution in [1.29, 1.82) is 0 Å². The fraction of sp³-hybridized carbons (Fsp3) is 0.460. The number of halogens is 2. The highest BCUT2D eigenvalue weighted by Gasteiger charge is 2.51. The lowest BCUT2D eigenvalue weighted by Gasteiger charge is -2.33. The number of nitrogens with one attached hydrogen (secondary N) is 2. The van der Waals surface area contributed by atoms with Gasteiger partial charge in [-0.3, -0.25) is 28.1 Å². The van der Waals surface area contributed by atoms with Gasteiger partial charge in [-0.05, 0) is 150 Å². The number of aliphatic carboxylic acids is 1.